The number of nitrogens with two attached hydrogens (primary N) is 1. The zero-order chi connectivity index (χ0) is 11.5. The molecule has 0 radical (unpaired) electrons. The van der Waals surface area contributed by atoms with Crippen molar-refractivity contribution in [3.63, 3.8) is 0 Å². The summed E-state index contributed by atoms with van der Waals surface area (Å²) in [4.78, 5) is 16.8. The van der Waals surface area contributed by atoms with Crippen LogP contribution in [-0.4, -0.2) is 31.1 Å². The number of nitrogens with zero attached hydrogens (tertiary/aromatic N) is 5. The summed E-state index contributed by atoms with van der Waals surface area (Å²) < 4.78 is 0. The van der Waals surface area contributed by atoms with Crippen LogP contribution < -0.4 is 11.1 Å². The standard InChI is InChI=1S/C8H9N7O/c1-15-13-8(12-14-15)11-7(16)6-5(9)3-2-4-10-6/h2-4H,9H2,1H3,(H,11,13,16). The van der Waals surface area contributed by atoms with E-state index in [1.54, 1.807) is 19.2 Å². The average molecular weight is 219 g/mol. The average Bonchev–Trinajstić information content (AvgIpc) is 2.64. The Balaban J connectivity index is 2.18. The second-order valence-corrected chi connectivity index (χ2v) is 3.00. The van der Waals surface area contributed by atoms with E-state index in [1.807, 2.05) is 0 Å². The number of nitrogens with one attached hydrogen (secondary N) is 1. The van der Waals surface area contributed by atoms with E-state index in [0.717, 1.165) is 0 Å². The van der Waals surface area contributed by atoms with E-state index in [4.69, 9.17) is 5.73 Å². The number of tetrazole rings is 1. The molecule has 3 N–H and O–H groups in total. The zero-order valence-corrected chi connectivity index (χ0v) is 8.45. The van der Waals surface area contributed by atoms with Crippen molar-refractivity contribution in [2.45, 2.75) is 0 Å². The Kier molecular flexibility index (Phi) is 2.46. The lowest BCUT2D eigenvalue weighted by atomic mass is 10.3. The number of carbonyl (C=O) groups is 1. The first-order valence-electron chi connectivity index (χ1n) is 4.42. The highest BCUT2D eigenvalue weighted by atomic mass is 16.2. The summed E-state index contributed by atoms with van der Waals surface area (Å²) in [6.45, 7) is 0. The Hall–Kier alpha value is -2.51. The van der Waals surface area contributed by atoms with E-state index in [1.165, 1.54) is 11.0 Å². The predicted octanol–water partition coefficient (Wildman–Crippen LogP) is -0.560. The minimum atomic E-state index is -0.467. The van der Waals surface area contributed by atoms with Crippen molar-refractivity contribution >= 4 is 17.5 Å². The number of hydrogen-bond donors (Lipinski definition) is 2. The highest BCUT2D eigenvalue weighted by molar-refractivity contribution is 6.05. The third-order valence-electron chi connectivity index (χ3n) is 1.79. The van der Waals surface area contributed by atoms with Crippen LogP contribution in [0.1, 0.15) is 10.5 Å². The third-order valence-corrected chi connectivity index (χ3v) is 1.79. The molecule has 2 aromatic heterocycles. The van der Waals surface area contributed by atoms with Gasteiger partial charge in [0.1, 0.15) is 0 Å². The highest BCUT2D eigenvalue weighted by Crippen LogP contribution is 2.08. The van der Waals surface area contributed by atoms with Crippen LogP contribution in [0.2, 0.25) is 0 Å². The molecule has 0 atom stereocenters. The van der Waals surface area contributed by atoms with E-state index >= 15 is 0 Å². The predicted molar refractivity (Wildman–Crippen MR) is 55.4 cm³/mol. The summed E-state index contributed by atoms with van der Waals surface area (Å²) in [7, 11) is 1.60. The summed E-state index contributed by atoms with van der Waals surface area (Å²) in [6, 6.07) is 3.23. The topological polar surface area (TPSA) is 112 Å². The van der Waals surface area contributed by atoms with Crippen LogP contribution in [-0.2, 0) is 7.05 Å². The van der Waals surface area contributed by atoms with Crippen LogP contribution in [0.15, 0.2) is 18.3 Å². The summed E-state index contributed by atoms with van der Waals surface area (Å²) in [5.41, 5.74) is 6.02. The third kappa shape index (κ3) is 1.95. The number of carbonyl (C=O) groups excluding carboxylic acids is 1. The van der Waals surface area contributed by atoms with Gasteiger partial charge in [0, 0.05) is 6.20 Å². The number of aryl methyl sites for hydroxylation is 1. The van der Waals surface area contributed by atoms with Crippen molar-refractivity contribution in [2.24, 2.45) is 7.05 Å². The van der Waals surface area contributed by atoms with Crippen LogP contribution in [0.5, 0.6) is 0 Å². The van der Waals surface area contributed by atoms with Crippen molar-refractivity contribution in [3.05, 3.63) is 24.0 Å². The van der Waals surface area contributed by atoms with Crippen LogP contribution in [0.3, 0.4) is 0 Å². The van der Waals surface area contributed by atoms with E-state index in [2.05, 4.69) is 25.7 Å². The van der Waals surface area contributed by atoms with E-state index in [9.17, 15) is 4.79 Å². The fourth-order valence-electron chi connectivity index (χ4n) is 1.10. The van der Waals surface area contributed by atoms with Gasteiger partial charge in [0.05, 0.1) is 12.7 Å². The summed E-state index contributed by atoms with van der Waals surface area (Å²) in [5.74, 6) is -0.358. The van der Waals surface area contributed by atoms with Gasteiger partial charge in [-0.05, 0) is 17.3 Å². The van der Waals surface area contributed by atoms with Crippen molar-refractivity contribution < 1.29 is 4.79 Å². The maximum Gasteiger partial charge on any atom is 0.278 e. The van der Waals surface area contributed by atoms with E-state index in [0.29, 0.717) is 5.69 Å². The molecule has 8 heteroatoms. The molecule has 0 aromatic carbocycles. The smallest absolute Gasteiger partial charge is 0.278 e. The van der Waals surface area contributed by atoms with Gasteiger partial charge in [0.25, 0.3) is 11.9 Å². The number of nitrogen functional groups attached to an aromatic ring is 1. The Morgan fingerprint density at radius 3 is 3.00 bits per heavy atom. The second kappa shape index (κ2) is 3.93. The van der Waals surface area contributed by atoms with Crippen molar-refractivity contribution in [3.8, 4) is 0 Å². The van der Waals surface area contributed by atoms with Gasteiger partial charge < -0.3 is 5.73 Å². The van der Waals surface area contributed by atoms with Gasteiger partial charge >= 0.3 is 0 Å². The molecule has 0 unspecified atom stereocenters. The Morgan fingerprint density at radius 1 is 1.56 bits per heavy atom. The first-order chi connectivity index (χ1) is 7.66. The number of pyridine rings is 1. The van der Waals surface area contributed by atoms with Crippen LogP contribution >= 0.6 is 0 Å². The molecule has 16 heavy (non-hydrogen) atoms. The van der Waals surface area contributed by atoms with E-state index in [-0.39, 0.29) is 11.6 Å². The Bertz CT molecular complexity index is 521. The summed E-state index contributed by atoms with van der Waals surface area (Å²) in [5, 5.41) is 13.4. The Morgan fingerprint density at radius 2 is 2.38 bits per heavy atom. The Labute approximate surface area is 90.5 Å². The summed E-state index contributed by atoms with van der Waals surface area (Å²) >= 11 is 0. The molecule has 0 aliphatic carbocycles. The number of aromatic nitrogens is 5. The molecule has 0 aliphatic heterocycles. The lowest BCUT2D eigenvalue weighted by Crippen LogP contribution is -2.16. The molecule has 82 valence electrons. The quantitative estimate of drug-likeness (QED) is 0.700. The number of amides is 1. The number of rotatable bonds is 2. The monoisotopic (exact) mass is 219 g/mol. The fourth-order valence-corrected chi connectivity index (χ4v) is 1.10. The van der Waals surface area contributed by atoms with Gasteiger partial charge in [0.2, 0.25) is 0 Å². The fraction of sp³-hybridized carbons (Fsp3) is 0.125. The van der Waals surface area contributed by atoms with Crippen LogP contribution in [0, 0.1) is 0 Å². The number of hydrogen-bond acceptors (Lipinski definition) is 6. The van der Waals surface area contributed by atoms with Crippen molar-refractivity contribution in [1.29, 1.82) is 0 Å². The number of anilines is 2. The zero-order valence-electron chi connectivity index (χ0n) is 8.45. The van der Waals surface area contributed by atoms with Gasteiger partial charge in [-0.25, -0.2) is 4.98 Å². The second-order valence-electron chi connectivity index (χ2n) is 3.00. The van der Waals surface area contributed by atoms with Crippen LogP contribution in [0.25, 0.3) is 0 Å². The van der Waals surface area contributed by atoms with Gasteiger partial charge in [-0.1, -0.05) is 5.10 Å². The first-order valence-corrected chi connectivity index (χ1v) is 4.42. The molecule has 0 bridgehead atoms. The lowest BCUT2D eigenvalue weighted by molar-refractivity contribution is 0.102. The molecule has 0 saturated carbocycles. The van der Waals surface area contributed by atoms with Gasteiger partial charge in [-0.3, -0.25) is 10.1 Å². The van der Waals surface area contributed by atoms with Crippen LogP contribution in [0.4, 0.5) is 11.6 Å². The molecule has 2 rings (SSSR count). The largest absolute Gasteiger partial charge is 0.397 e. The normalized spacial score (nSPS) is 10.1. The minimum absolute atomic E-state index is 0.109. The molecule has 8 nitrogen and oxygen atoms in total. The van der Waals surface area contributed by atoms with Crippen molar-refractivity contribution in [1.82, 2.24) is 25.2 Å². The SMILES string of the molecule is Cn1nnc(NC(=O)c2ncccc2N)n1. The minimum Gasteiger partial charge on any atom is -0.397 e. The van der Waals surface area contributed by atoms with Gasteiger partial charge in [0.15, 0.2) is 5.69 Å². The van der Waals surface area contributed by atoms with E-state index < -0.39 is 5.91 Å². The van der Waals surface area contributed by atoms with Gasteiger partial charge in [-0.15, -0.1) is 5.10 Å². The van der Waals surface area contributed by atoms with Gasteiger partial charge in [-0.2, -0.15) is 4.80 Å². The molecular formula is C8H9N7O. The molecule has 0 fully saturated rings. The maximum atomic E-state index is 11.7. The molecule has 2 aromatic rings. The maximum absolute atomic E-state index is 11.7. The molecular weight excluding hydrogens is 210 g/mol. The lowest BCUT2D eigenvalue weighted by Gasteiger charge is -2.01. The molecule has 2 heterocycles. The molecule has 0 aliphatic rings. The molecule has 1 amide bonds. The molecule has 0 spiro atoms. The highest BCUT2D eigenvalue weighted by Gasteiger charge is 2.13. The summed E-state index contributed by atoms with van der Waals surface area (Å²) in [6.07, 6.45) is 1.48. The molecule has 0 saturated heterocycles. The first kappa shape index (κ1) is 10.0. The van der Waals surface area contributed by atoms with Crippen molar-refractivity contribution in [2.75, 3.05) is 11.1 Å².